The first-order valence-corrected chi connectivity index (χ1v) is 13.7. The van der Waals surface area contributed by atoms with Gasteiger partial charge in [0, 0.05) is 5.92 Å². The van der Waals surface area contributed by atoms with Gasteiger partial charge in [0.1, 0.15) is 6.33 Å². The molecule has 1 aliphatic heterocycles. The summed E-state index contributed by atoms with van der Waals surface area (Å²) in [5.74, 6) is 1.80. The van der Waals surface area contributed by atoms with Crippen LogP contribution in [-0.4, -0.2) is 43.0 Å². The summed E-state index contributed by atoms with van der Waals surface area (Å²) >= 11 is 1.63. The largest absolute Gasteiger partial charge is 0.454 e. The quantitative estimate of drug-likeness (QED) is 0.525. The lowest BCUT2D eigenvalue weighted by Gasteiger charge is -2.13. The number of hydrogen-bond acceptors (Lipinski definition) is 9. The van der Waals surface area contributed by atoms with E-state index in [4.69, 9.17) is 18.8 Å². The first-order chi connectivity index (χ1) is 16.4. The Kier molecular flexibility index (Phi) is 5.49. The Morgan fingerprint density at radius 3 is 2.82 bits per heavy atom. The molecule has 2 aromatic heterocycles. The lowest BCUT2D eigenvalue weighted by Crippen LogP contribution is -2.24. The monoisotopic (exact) mass is 503 g/mol. The van der Waals surface area contributed by atoms with Crippen molar-refractivity contribution < 1.29 is 27.2 Å². The van der Waals surface area contributed by atoms with E-state index in [1.165, 1.54) is 11.1 Å². The summed E-state index contributed by atoms with van der Waals surface area (Å²) in [5.41, 5.74) is 5.66. The smallest absolute Gasteiger partial charge is 0.333 e. The highest BCUT2D eigenvalue weighted by molar-refractivity contribution is 7.84. The number of fused-ring (bicyclic) bond motifs is 3. The zero-order valence-electron chi connectivity index (χ0n) is 18.3. The predicted molar refractivity (Wildman–Crippen MR) is 125 cm³/mol. The van der Waals surface area contributed by atoms with Gasteiger partial charge in [-0.05, 0) is 78.1 Å². The molecule has 1 saturated carbocycles. The summed E-state index contributed by atoms with van der Waals surface area (Å²) < 4.78 is 39.2. The van der Waals surface area contributed by atoms with Crippen molar-refractivity contribution in [2.45, 2.75) is 50.0 Å². The highest BCUT2D eigenvalue weighted by atomic mass is 32.2. The third-order valence-corrected chi connectivity index (χ3v) is 8.78. The summed E-state index contributed by atoms with van der Waals surface area (Å²) in [6.07, 6.45) is 5.02. The lowest BCUT2D eigenvalue weighted by atomic mass is 9.94. The maximum atomic E-state index is 11.1. The van der Waals surface area contributed by atoms with Crippen LogP contribution in [0.3, 0.4) is 0 Å². The van der Waals surface area contributed by atoms with Gasteiger partial charge in [0.05, 0.1) is 28.6 Å². The van der Waals surface area contributed by atoms with Crippen LogP contribution < -0.4 is 14.6 Å². The van der Waals surface area contributed by atoms with E-state index in [0.29, 0.717) is 18.8 Å². The molecule has 1 fully saturated rings. The minimum Gasteiger partial charge on any atom is -0.454 e. The van der Waals surface area contributed by atoms with Crippen LogP contribution in [-0.2, 0) is 27.3 Å². The van der Waals surface area contributed by atoms with E-state index in [1.54, 1.807) is 17.7 Å². The summed E-state index contributed by atoms with van der Waals surface area (Å²) in [7, 11) is -4.03. The Bertz CT molecular complexity index is 1360. The van der Waals surface area contributed by atoms with Crippen molar-refractivity contribution in [3.05, 3.63) is 46.2 Å². The molecule has 34 heavy (non-hydrogen) atoms. The number of nitrogens with zero attached hydrogens (tertiary/aromatic N) is 2. The van der Waals surface area contributed by atoms with E-state index in [2.05, 4.69) is 27.5 Å². The Balaban J connectivity index is 1.23. The topological polar surface area (TPSA) is 134 Å². The van der Waals surface area contributed by atoms with Crippen molar-refractivity contribution in [2.75, 3.05) is 13.4 Å². The maximum Gasteiger partial charge on any atom is 0.333 e. The number of rotatable bonds is 6. The normalized spacial score (nSPS) is 25.8. The predicted octanol–water partition coefficient (Wildman–Crippen LogP) is 2.77. The van der Waals surface area contributed by atoms with Crippen LogP contribution in [0.1, 0.15) is 53.5 Å². The van der Waals surface area contributed by atoms with Gasteiger partial charge in [-0.3, -0.25) is 4.18 Å². The standard InChI is InChI=1S/C23H25N3O6S2/c24-34(28,29)32-8-15-3-14(5-19(15)27)17-9-33-23-18(25-10-26-22(17)23)4-12-1-2-13-6-20-21(7-16(12)13)31-11-30-20/h6-7,9-10,12,14-15,19,27H,1-5,8,11H2,(H2,24,28,29)/t12-,14-,15+,19+/m1/s1. The number of hydrogen-bond donors (Lipinski definition) is 2. The number of aromatic nitrogens is 2. The van der Waals surface area contributed by atoms with Crippen LogP contribution >= 0.6 is 11.3 Å². The molecular formula is C23H25N3O6S2. The minimum absolute atomic E-state index is 0.0764. The molecule has 0 radical (unpaired) electrons. The third-order valence-electron chi connectivity index (χ3n) is 7.27. The second-order valence-corrected chi connectivity index (χ2v) is 11.4. The molecule has 1 aromatic carbocycles. The third kappa shape index (κ3) is 4.05. The van der Waals surface area contributed by atoms with Crippen LogP contribution in [0.4, 0.5) is 0 Å². The van der Waals surface area contributed by atoms with Crippen LogP contribution in [0, 0.1) is 5.92 Å². The van der Waals surface area contributed by atoms with Crippen LogP contribution in [0.15, 0.2) is 23.8 Å². The van der Waals surface area contributed by atoms with Gasteiger partial charge >= 0.3 is 10.3 Å². The molecule has 3 aromatic rings. The van der Waals surface area contributed by atoms with E-state index in [1.807, 2.05) is 0 Å². The average molecular weight is 504 g/mol. The number of aliphatic hydroxyl groups is 1. The molecule has 3 aliphatic rings. The maximum absolute atomic E-state index is 11.1. The van der Waals surface area contributed by atoms with Gasteiger partial charge in [-0.1, -0.05) is 0 Å². The number of aliphatic hydroxyl groups excluding tert-OH is 1. The molecule has 0 bridgehead atoms. The zero-order chi connectivity index (χ0) is 23.4. The summed E-state index contributed by atoms with van der Waals surface area (Å²) in [4.78, 5) is 9.22. The first-order valence-electron chi connectivity index (χ1n) is 11.3. The molecule has 0 amide bonds. The summed E-state index contributed by atoms with van der Waals surface area (Å²) in [6.45, 7) is 0.163. The van der Waals surface area contributed by atoms with Gasteiger partial charge in [0.25, 0.3) is 0 Å². The summed E-state index contributed by atoms with van der Waals surface area (Å²) in [5, 5.41) is 17.5. The Labute approximate surface area is 201 Å². The number of benzene rings is 1. The van der Waals surface area contributed by atoms with Gasteiger partial charge in [-0.2, -0.15) is 8.42 Å². The van der Waals surface area contributed by atoms with Crippen molar-refractivity contribution in [3.8, 4) is 11.5 Å². The van der Waals surface area contributed by atoms with Crippen LogP contribution in [0.25, 0.3) is 10.2 Å². The van der Waals surface area contributed by atoms with E-state index < -0.39 is 16.4 Å². The highest BCUT2D eigenvalue weighted by Gasteiger charge is 2.36. The molecule has 4 atom stereocenters. The lowest BCUT2D eigenvalue weighted by molar-refractivity contribution is 0.101. The molecule has 11 heteroatoms. The Morgan fingerprint density at radius 2 is 2.00 bits per heavy atom. The second kappa shape index (κ2) is 8.42. The molecule has 0 saturated heterocycles. The van der Waals surface area contributed by atoms with Gasteiger partial charge in [0.15, 0.2) is 11.5 Å². The van der Waals surface area contributed by atoms with Crippen LogP contribution in [0.5, 0.6) is 11.5 Å². The average Bonchev–Trinajstić information content (AvgIpc) is 3.56. The molecule has 2 aliphatic carbocycles. The zero-order valence-corrected chi connectivity index (χ0v) is 20.0. The van der Waals surface area contributed by atoms with Crippen molar-refractivity contribution in [2.24, 2.45) is 11.1 Å². The molecule has 9 nitrogen and oxygen atoms in total. The molecule has 3 heterocycles. The van der Waals surface area contributed by atoms with Gasteiger partial charge in [-0.25, -0.2) is 15.1 Å². The fourth-order valence-corrected chi connectivity index (χ4v) is 7.07. The number of nitrogens with two attached hydrogens (primary N) is 1. The number of aryl methyl sites for hydroxylation is 1. The molecular weight excluding hydrogens is 478 g/mol. The number of ether oxygens (including phenoxy) is 2. The van der Waals surface area contributed by atoms with Gasteiger partial charge in [0.2, 0.25) is 6.79 Å². The molecule has 180 valence electrons. The van der Waals surface area contributed by atoms with Gasteiger partial charge < -0.3 is 14.6 Å². The highest BCUT2D eigenvalue weighted by Crippen LogP contribution is 2.46. The van der Waals surface area contributed by atoms with E-state index in [-0.39, 0.29) is 25.2 Å². The van der Waals surface area contributed by atoms with Crippen molar-refractivity contribution in [1.82, 2.24) is 9.97 Å². The van der Waals surface area contributed by atoms with Crippen molar-refractivity contribution in [1.29, 1.82) is 0 Å². The van der Waals surface area contributed by atoms with Crippen LogP contribution in [0.2, 0.25) is 0 Å². The fraction of sp³-hybridized carbons (Fsp3) is 0.478. The fourth-order valence-electron chi connectivity index (χ4n) is 5.60. The van der Waals surface area contributed by atoms with Crippen molar-refractivity contribution in [3.63, 3.8) is 0 Å². The van der Waals surface area contributed by atoms with Crippen molar-refractivity contribution >= 4 is 31.9 Å². The number of thiophene rings is 1. The summed E-state index contributed by atoms with van der Waals surface area (Å²) in [6, 6.07) is 4.23. The van der Waals surface area contributed by atoms with E-state index in [0.717, 1.165) is 52.2 Å². The SMILES string of the molecule is NS(=O)(=O)OC[C@@H]1C[C@@H](c2csc3c(C[C@H]4CCc5cc6c(cc54)OCO6)ncnc23)C[C@@H]1O. The molecule has 0 spiro atoms. The first kappa shape index (κ1) is 22.2. The second-order valence-electron chi connectivity index (χ2n) is 9.31. The molecule has 6 rings (SSSR count). The Morgan fingerprint density at radius 1 is 1.18 bits per heavy atom. The van der Waals surface area contributed by atoms with E-state index >= 15 is 0 Å². The Hall–Kier alpha value is -2.31. The van der Waals surface area contributed by atoms with E-state index in [9.17, 15) is 13.5 Å². The molecule has 0 unspecified atom stereocenters. The minimum atomic E-state index is -4.03. The van der Waals surface area contributed by atoms with Gasteiger partial charge in [-0.15, -0.1) is 11.3 Å². The molecule has 3 N–H and O–H groups in total.